The summed E-state index contributed by atoms with van der Waals surface area (Å²) < 4.78 is 6.02. The molecule has 10 nitrogen and oxygen atoms in total. The second-order valence-corrected chi connectivity index (χ2v) is 10.6. The topological polar surface area (TPSA) is 147 Å². The van der Waals surface area contributed by atoms with Crippen molar-refractivity contribution in [3.63, 3.8) is 0 Å². The molecule has 12 heteroatoms. The minimum Gasteiger partial charge on any atom is -0.448 e. The summed E-state index contributed by atoms with van der Waals surface area (Å²) in [6, 6.07) is 17.7. The number of thiazole rings is 1. The highest BCUT2D eigenvalue weighted by Crippen LogP contribution is 2.42. The summed E-state index contributed by atoms with van der Waals surface area (Å²) >= 11 is 2.45. The number of β-lactam (4-membered cyclic amide) rings is 1. The quantitative estimate of drug-likeness (QED) is 0.125. The van der Waals surface area contributed by atoms with E-state index < -0.39 is 35.3 Å². The third-order valence-corrected chi connectivity index (χ3v) is 8.21. The number of nitrogens with zero attached hydrogens (tertiary/aromatic N) is 3. The Morgan fingerprint density at radius 2 is 1.82 bits per heavy atom. The average molecular weight is 562 g/mol. The van der Waals surface area contributed by atoms with Crippen LogP contribution in [0.4, 0.5) is 5.13 Å². The SMILES string of the molecule is C=CC1=C(C(=O)OC(c2ccccc2)c2ccccc2)N2C(=O)C(NC(=O)C(=NO)c3csc(N)n3)[C@@H]2SC1. The highest BCUT2D eigenvalue weighted by atomic mass is 32.2. The van der Waals surface area contributed by atoms with Gasteiger partial charge in [0.1, 0.15) is 22.8 Å². The molecule has 39 heavy (non-hydrogen) atoms. The van der Waals surface area contributed by atoms with Crippen LogP contribution in [0.2, 0.25) is 0 Å². The van der Waals surface area contributed by atoms with Crippen LogP contribution < -0.4 is 11.1 Å². The van der Waals surface area contributed by atoms with Gasteiger partial charge in [-0.05, 0) is 16.7 Å². The van der Waals surface area contributed by atoms with Crippen molar-refractivity contribution in [2.75, 3.05) is 11.5 Å². The van der Waals surface area contributed by atoms with Crippen molar-refractivity contribution in [3.05, 3.63) is 107 Å². The molecule has 2 aliphatic heterocycles. The first-order chi connectivity index (χ1) is 18.9. The molecular formula is C27H23N5O5S2. The van der Waals surface area contributed by atoms with Crippen LogP contribution in [0.25, 0.3) is 0 Å². The van der Waals surface area contributed by atoms with Crippen molar-refractivity contribution in [2.45, 2.75) is 17.5 Å². The third-order valence-electron chi connectivity index (χ3n) is 6.23. The summed E-state index contributed by atoms with van der Waals surface area (Å²) in [7, 11) is 0. The molecule has 0 saturated carbocycles. The van der Waals surface area contributed by atoms with Crippen LogP contribution in [0, 0.1) is 0 Å². The molecule has 1 unspecified atom stereocenters. The number of hydrogen-bond donors (Lipinski definition) is 3. The predicted octanol–water partition coefficient (Wildman–Crippen LogP) is 3.08. The first-order valence-electron chi connectivity index (χ1n) is 11.8. The molecule has 1 fully saturated rings. The third kappa shape index (κ3) is 5.03. The molecule has 0 aliphatic carbocycles. The maximum absolute atomic E-state index is 13.6. The average Bonchev–Trinajstić information content (AvgIpc) is 3.40. The van der Waals surface area contributed by atoms with Gasteiger partial charge in [-0.25, -0.2) is 9.78 Å². The zero-order valence-electron chi connectivity index (χ0n) is 20.4. The van der Waals surface area contributed by atoms with E-state index in [-0.39, 0.29) is 22.2 Å². The Kier molecular flexibility index (Phi) is 7.48. The summed E-state index contributed by atoms with van der Waals surface area (Å²) in [5.74, 6) is -1.60. The van der Waals surface area contributed by atoms with E-state index in [4.69, 9.17) is 10.5 Å². The fourth-order valence-electron chi connectivity index (χ4n) is 4.35. The molecule has 2 atom stereocenters. The largest absolute Gasteiger partial charge is 0.448 e. The number of aromatic nitrogens is 1. The van der Waals surface area contributed by atoms with E-state index in [1.54, 1.807) is 0 Å². The molecule has 1 aromatic heterocycles. The Bertz CT molecular complexity index is 1450. The Hall–Kier alpha value is -4.42. The Balaban J connectivity index is 1.37. The summed E-state index contributed by atoms with van der Waals surface area (Å²) in [5, 5.41) is 16.1. The normalized spacial score (nSPS) is 18.8. The van der Waals surface area contributed by atoms with Gasteiger partial charge in [0.2, 0.25) is 0 Å². The molecule has 0 spiro atoms. The van der Waals surface area contributed by atoms with Crippen LogP contribution in [-0.4, -0.2) is 55.8 Å². The van der Waals surface area contributed by atoms with E-state index in [1.165, 1.54) is 28.1 Å². The number of allylic oxidation sites excluding steroid dienone is 1. The van der Waals surface area contributed by atoms with Gasteiger partial charge in [0.25, 0.3) is 11.8 Å². The number of nitrogens with one attached hydrogen (secondary N) is 1. The molecule has 5 rings (SSSR count). The minimum absolute atomic E-state index is 0.0865. The molecule has 4 N–H and O–H groups in total. The van der Waals surface area contributed by atoms with Crippen LogP contribution in [-0.2, 0) is 19.1 Å². The Morgan fingerprint density at radius 3 is 2.36 bits per heavy atom. The second-order valence-electron chi connectivity index (χ2n) is 8.57. The van der Waals surface area contributed by atoms with Crippen LogP contribution in [0.1, 0.15) is 22.9 Å². The molecule has 2 aromatic carbocycles. The Labute approximate surface area is 231 Å². The van der Waals surface area contributed by atoms with E-state index in [1.807, 2.05) is 60.7 Å². The highest BCUT2D eigenvalue weighted by Gasteiger charge is 2.54. The van der Waals surface area contributed by atoms with E-state index in [2.05, 4.69) is 22.0 Å². The summed E-state index contributed by atoms with van der Waals surface area (Å²) in [4.78, 5) is 45.0. The molecule has 2 amide bonds. The number of hydrogen-bond acceptors (Lipinski definition) is 10. The fraction of sp³-hybridized carbons (Fsp3) is 0.148. The van der Waals surface area contributed by atoms with Gasteiger partial charge in [0.05, 0.1) is 0 Å². The number of esters is 1. The molecule has 3 heterocycles. The highest BCUT2D eigenvalue weighted by molar-refractivity contribution is 8.00. The van der Waals surface area contributed by atoms with Crippen molar-refractivity contribution in [2.24, 2.45) is 5.16 Å². The molecule has 0 bridgehead atoms. The standard InChI is InChI=1S/C27H23N5O5S2/c1-2-15-13-38-25-20(30-23(33)19(31-36)18-14-39-27(28)29-18)24(34)32(25)21(15)26(35)37-22(16-9-5-3-6-10-16)17-11-7-4-8-12-17/h2-12,14,20,22,25,36H,1,13H2,(H2,28,29)(H,30,33)/t20?,25-/m0/s1. The van der Waals surface area contributed by atoms with E-state index in [0.29, 0.717) is 11.3 Å². The van der Waals surface area contributed by atoms with Crippen molar-refractivity contribution in [3.8, 4) is 0 Å². The molecular weight excluding hydrogens is 538 g/mol. The number of nitrogen functional groups attached to an aromatic ring is 1. The van der Waals surface area contributed by atoms with Gasteiger partial charge < -0.3 is 21.0 Å². The lowest BCUT2D eigenvalue weighted by Gasteiger charge is -2.49. The van der Waals surface area contributed by atoms with Crippen LogP contribution in [0.15, 0.2) is 95.1 Å². The summed E-state index contributed by atoms with van der Waals surface area (Å²) in [6.45, 7) is 3.81. The lowest BCUT2D eigenvalue weighted by atomic mass is 10.0. The maximum atomic E-state index is 13.6. The monoisotopic (exact) mass is 561 g/mol. The number of thioether (sulfide) groups is 1. The predicted molar refractivity (Wildman–Crippen MR) is 148 cm³/mol. The maximum Gasteiger partial charge on any atom is 0.356 e. The smallest absolute Gasteiger partial charge is 0.356 e. The number of benzene rings is 2. The second kappa shape index (κ2) is 11.1. The van der Waals surface area contributed by atoms with Crippen molar-refractivity contribution >= 4 is 51.7 Å². The molecule has 0 radical (unpaired) electrons. The van der Waals surface area contributed by atoms with Gasteiger partial charge in [0.15, 0.2) is 16.9 Å². The number of oxime groups is 1. The zero-order valence-corrected chi connectivity index (χ0v) is 22.0. The first kappa shape index (κ1) is 26.2. The molecule has 1 saturated heterocycles. The molecule has 3 aromatic rings. The number of nitrogens with two attached hydrogens (primary N) is 1. The lowest BCUT2D eigenvalue weighted by molar-refractivity contribution is -0.154. The van der Waals surface area contributed by atoms with Gasteiger partial charge in [-0.15, -0.1) is 23.1 Å². The number of carbonyl (C=O) groups is 3. The lowest BCUT2D eigenvalue weighted by Crippen LogP contribution is -2.71. The van der Waals surface area contributed by atoms with Gasteiger partial charge >= 0.3 is 5.97 Å². The molecule has 2 aliphatic rings. The van der Waals surface area contributed by atoms with Crippen molar-refractivity contribution in [1.29, 1.82) is 0 Å². The van der Waals surface area contributed by atoms with Gasteiger partial charge in [-0.3, -0.25) is 14.5 Å². The van der Waals surface area contributed by atoms with Crippen LogP contribution in [0.3, 0.4) is 0 Å². The van der Waals surface area contributed by atoms with Crippen LogP contribution in [0.5, 0.6) is 0 Å². The Morgan fingerprint density at radius 1 is 1.18 bits per heavy atom. The van der Waals surface area contributed by atoms with Crippen LogP contribution >= 0.6 is 23.1 Å². The number of anilines is 1. The number of amides is 2. The first-order valence-corrected chi connectivity index (χ1v) is 13.7. The summed E-state index contributed by atoms with van der Waals surface area (Å²) in [5.41, 5.74) is 7.52. The van der Waals surface area contributed by atoms with Crippen molar-refractivity contribution in [1.82, 2.24) is 15.2 Å². The van der Waals surface area contributed by atoms with Crippen molar-refractivity contribution < 1.29 is 24.3 Å². The summed E-state index contributed by atoms with van der Waals surface area (Å²) in [6.07, 6.45) is 0.828. The van der Waals surface area contributed by atoms with E-state index in [9.17, 15) is 19.6 Å². The van der Waals surface area contributed by atoms with Gasteiger partial charge in [-0.2, -0.15) is 0 Å². The number of ether oxygens (including phenoxy) is 1. The number of rotatable bonds is 8. The number of fused-ring (bicyclic) bond motifs is 1. The fourth-order valence-corrected chi connectivity index (χ4v) is 6.24. The molecule has 198 valence electrons. The van der Waals surface area contributed by atoms with Gasteiger partial charge in [-0.1, -0.05) is 78.5 Å². The number of carbonyl (C=O) groups excluding carboxylic acids is 3. The van der Waals surface area contributed by atoms with Gasteiger partial charge in [0, 0.05) is 11.1 Å². The van der Waals surface area contributed by atoms with E-state index in [0.717, 1.165) is 22.5 Å². The minimum atomic E-state index is -0.955. The van der Waals surface area contributed by atoms with E-state index >= 15 is 0 Å². The zero-order chi connectivity index (χ0) is 27.5.